The number of rotatable bonds is 7. The molecule has 1 aliphatic rings. The summed E-state index contributed by atoms with van der Waals surface area (Å²) in [5.74, 6) is 0.940. The highest BCUT2D eigenvalue weighted by atomic mass is 35.5. The Labute approximate surface area is 239 Å². The fourth-order valence-corrected chi connectivity index (χ4v) is 5.67. The number of carbonyl (C=O) groups excluding carboxylic acids is 2. The molecule has 0 aliphatic carbocycles. The molecule has 2 amide bonds. The van der Waals surface area contributed by atoms with Crippen LogP contribution in [-0.2, 0) is 4.79 Å². The van der Waals surface area contributed by atoms with E-state index >= 15 is 0 Å². The highest BCUT2D eigenvalue weighted by Gasteiger charge is 2.33. The number of nitrogens with zero attached hydrogens (tertiary/aromatic N) is 3. The normalized spacial score (nSPS) is 15.0. The molecule has 1 unspecified atom stereocenters. The number of ether oxygens (including phenoxy) is 2. The van der Waals surface area contributed by atoms with Crippen molar-refractivity contribution >= 4 is 35.2 Å². The Balaban J connectivity index is 1.57. The van der Waals surface area contributed by atoms with Crippen LogP contribution in [0.2, 0.25) is 5.02 Å². The summed E-state index contributed by atoms with van der Waals surface area (Å²) in [7, 11) is 3.10. The lowest BCUT2D eigenvalue weighted by Crippen LogP contribution is -2.50. The smallest absolute Gasteiger partial charge is 0.291 e. The predicted octanol–water partition coefficient (Wildman–Crippen LogP) is 4.88. The molecule has 0 saturated carbocycles. The summed E-state index contributed by atoms with van der Waals surface area (Å²) < 4.78 is 11.6. The number of nitrogens with one attached hydrogen (secondary N) is 1. The molecular weight excluding hydrogens is 552 g/mol. The number of amides is 2. The van der Waals surface area contributed by atoms with Gasteiger partial charge in [-0.25, -0.2) is 5.01 Å². The second kappa shape index (κ2) is 11.8. The summed E-state index contributed by atoms with van der Waals surface area (Å²) in [5.41, 5.74) is 4.41. The first-order valence-electron chi connectivity index (χ1n) is 12.3. The Morgan fingerprint density at radius 3 is 2.30 bits per heavy atom. The van der Waals surface area contributed by atoms with Gasteiger partial charge in [-0.15, -0.1) is 11.8 Å². The van der Waals surface area contributed by atoms with Gasteiger partial charge in [0, 0.05) is 28.8 Å². The van der Waals surface area contributed by atoms with Crippen LogP contribution in [0.4, 0.5) is 0 Å². The molecule has 3 aromatic carbocycles. The lowest BCUT2D eigenvalue weighted by atomic mass is 10.0. The van der Waals surface area contributed by atoms with Crippen LogP contribution < -0.4 is 20.5 Å². The standard InChI is InChI=1S/C29H25ClN4O5S/c1-38-22-10-6-18(7-11-22)24-17-26(36)33(21-8-12-23(39-2)13-9-21)31-27(24)28(37)32-34-25(35)14-15-40-29(34)19-4-3-5-20(30)16-19/h3-13,16-17,29H,14-15H2,1-2H3,(H,32,37). The van der Waals surface area contributed by atoms with Crippen molar-refractivity contribution in [1.82, 2.24) is 20.2 Å². The first-order chi connectivity index (χ1) is 19.4. The van der Waals surface area contributed by atoms with Crippen LogP contribution in [-0.4, -0.2) is 46.6 Å². The fourth-order valence-electron chi connectivity index (χ4n) is 4.30. The second-order valence-corrected chi connectivity index (χ2v) is 10.4. The largest absolute Gasteiger partial charge is 0.497 e. The molecule has 204 valence electrons. The van der Waals surface area contributed by atoms with Crippen LogP contribution in [0.5, 0.6) is 11.5 Å². The van der Waals surface area contributed by atoms with Gasteiger partial charge in [0.25, 0.3) is 11.5 Å². The van der Waals surface area contributed by atoms with Crippen molar-refractivity contribution in [3.63, 3.8) is 0 Å². The number of aromatic nitrogens is 2. The van der Waals surface area contributed by atoms with Gasteiger partial charge in [0.15, 0.2) is 5.69 Å². The van der Waals surface area contributed by atoms with Crippen LogP contribution in [0.3, 0.4) is 0 Å². The maximum Gasteiger partial charge on any atom is 0.291 e. The third-order valence-electron chi connectivity index (χ3n) is 6.32. The van der Waals surface area contributed by atoms with E-state index in [2.05, 4.69) is 10.5 Å². The minimum absolute atomic E-state index is 0.0335. The molecular formula is C29H25ClN4O5S. The average molecular weight is 577 g/mol. The molecule has 1 saturated heterocycles. The van der Waals surface area contributed by atoms with E-state index < -0.39 is 16.8 Å². The van der Waals surface area contributed by atoms with Gasteiger partial charge in [-0.1, -0.05) is 35.9 Å². The Morgan fingerprint density at radius 1 is 0.975 bits per heavy atom. The van der Waals surface area contributed by atoms with E-state index in [1.54, 1.807) is 80.9 Å². The van der Waals surface area contributed by atoms with Gasteiger partial charge in [0.05, 0.1) is 19.9 Å². The van der Waals surface area contributed by atoms with Gasteiger partial charge in [-0.2, -0.15) is 9.78 Å². The van der Waals surface area contributed by atoms with Gasteiger partial charge >= 0.3 is 0 Å². The van der Waals surface area contributed by atoms with Crippen LogP contribution in [0.25, 0.3) is 16.8 Å². The van der Waals surface area contributed by atoms with Gasteiger partial charge in [-0.05, 0) is 59.7 Å². The Hall–Kier alpha value is -4.28. The Bertz CT molecular complexity index is 1610. The van der Waals surface area contributed by atoms with Gasteiger partial charge in [0.1, 0.15) is 16.9 Å². The van der Waals surface area contributed by atoms with Gasteiger partial charge in [0.2, 0.25) is 5.91 Å². The van der Waals surface area contributed by atoms with E-state index in [0.29, 0.717) is 39.1 Å². The lowest BCUT2D eigenvalue weighted by molar-refractivity contribution is -0.134. The van der Waals surface area contributed by atoms with Crippen LogP contribution in [0.15, 0.2) is 83.7 Å². The van der Waals surface area contributed by atoms with Crippen molar-refractivity contribution in [3.05, 3.63) is 105 Å². The number of carbonyl (C=O) groups is 2. The SMILES string of the molecule is COc1ccc(-c2cc(=O)n(-c3ccc(OC)cc3)nc2C(=O)NN2C(=O)CCSC2c2cccc(Cl)c2)cc1. The monoisotopic (exact) mass is 576 g/mol. The molecule has 1 atom stereocenters. The van der Waals surface area contributed by atoms with E-state index in [1.807, 2.05) is 6.07 Å². The lowest BCUT2D eigenvalue weighted by Gasteiger charge is -2.35. The molecule has 2 heterocycles. The molecule has 0 spiro atoms. The molecule has 1 fully saturated rings. The number of hydrogen-bond acceptors (Lipinski definition) is 7. The predicted molar refractivity (Wildman–Crippen MR) is 154 cm³/mol. The topological polar surface area (TPSA) is 103 Å². The van der Waals surface area contributed by atoms with E-state index in [1.165, 1.54) is 22.8 Å². The molecule has 1 N–H and O–H groups in total. The summed E-state index contributed by atoms with van der Waals surface area (Å²) in [6, 6.07) is 22.2. The summed E-state index contributed by atoms with van der Waals surface area (Å²) in [5, 5.41) is 5.82. The van der Waals surface area contributed by atoms with Crippen LogP contribution >= 0.6 is 23.4 Å². The summed E-state index contributed by atoms with van der Waals surface area (Å²) in [6.45, 7) is 0. The molecule has 0 radical (unpaired) electrons. The van der Waals surface area contributed by atoms with Gasteiger partial charge < -0.3 is 9.47 Å². The van der Waals surface area contributed by atoms with Crippen LogP contribution in [0.1, 0.15) is 27.8 Å². The molecule has 5 rings (SSSR count). The quantitative estimate of drug-likeness (QED) is 0.334. The maximum atomic E-state index is 13.9. The third kappa shape index (κ3) is 5.68. The number of hydrogen-bond donors (Lipinski definition) is 1. The van der Waals surface area contributed by atoms with Crippen LogP contribution in [0, 0.1) is 0 Å². The fraction of sp³-hybridized carbons (Fsp3) is 0.172. The zero-order valence-electron chi connectivity index (χ0n) is 21.7. The Morgan fingerprint density at radius 2 is 1.65 bits per heavy atom. The van der Waals surface area contributed by atoms with Crippen molar-refractivity contribution < 1.29 is 19.1 Å². The molecule has 0 bridgehead atoms. The van der Waals surface area contributed by atoms with Crippen molar-refractivity contribution in [2.45, 2.75) is 11.8 Å². The zero-order valence-corrected chi connectivity index (χ0v) is 23.2. The maximum absolute atomic E-state index is 13.9. The number of methoxy groups -OCH3 is 2. The summed E-state index contributed by atoms with van der Waals surface area (Å²) in [6.07, 6.45) is 0.256. The summed E-state index contributed by atoms with van der Waals surface area (Å²) in [4.78, 5) is 40.1. The van der Waals surface area contributed by atoms with E-state index in [0.717, 1.165) is 10.2 Å². The first kappa shape index (κ1) is 27.3. The first-order valence-corrected chi connectivity index (χ1v) is 13.7. The molecule has 1 aliphatic heterocycles. The van der Waals surface area contributed by atoms with E-state index in [9.17, 15) is 14.4 Å². The molecule has 9 nitrogen and oxygen atoms in total. The highest BCUT2D eigenvalue weighted by molar-refractivity contribution is 7.99. The summed E-state index contributed by atoms with van der Waals surface area (Å²) >= 11 is 7.73. The van der Waals surface area contributed by atoms with Gasteiger partial charge in [-0.3, -0.25) is 19.8 Å². The number of hydrazine groups is 1. The number of benzene rings is 3. The number of thioether (sulfide) groups is 1. The number of halogens is 1. The molecule has 40 heavy (non-hydrogen) atoms. The third-order valence-corrected chi connectivity index (χ3v) is 7.79. The minimum Gasteiger partial charge on any atom is -0.497 e. The Kier molecular flexibility index (Phi) is 8.09. The molecule has 1 aromatic heterocycles. The highest BCUT2D eigenvalue weighted by Crippen LogP contribution is 2.37. The van der Waals surface area contributed by atoms with Crippen molar-refractivity contribution in [1.29, 1.82) is 0 Å². The van der Waals surface area contributed by atoms with E-state index in [-0.39, 0.29) is 18.0 Å². The molecule has 11 heteroatoms. The zero-order chi connectivity index (χ0) is 28.2. The second-order valence-electron chi connectivity index (χ2n) is 8.82. The average Bonchev–Trinajstić information content (AvgIpc) is 2.98. The minimum atomic E-state index is -0.643. The van der Waals surface area contributed by atoms with Crippen molar-refractivity contribution in [2.24, 2.45) is 0 Å². The van der Waals surface area contributed by atoms with E-state index in [4.69, 9.17) is 21.1 Å². The molecule has 4 aromatic rings. The van der Waals surface area contributed by atoms with Crippen molar-refractivity contribution in [2.75, 3.05) is 20.0 Å². The van der Waals surface area contributed by atoms with Crippen molar-refractivity contribution in [3.8, 4) is 28.3 Å².